The Kier molecular flexibility index (Phi) is 4.74. The van der Waals surface area contributed by atoms with Crippen molar-refractivity contribution in [3.63, 3.8) is 0 Å². The summed E-state index contributed by atoms with van der Waals surface area (Å²) in [7, 11) is 0. The minimum atomic E-state index is -0.564. The van der Waals surface area contributed by atoms with Gasteiger partial charge in [-0.15, -0.1) is 0 Å². The number of hydrogen-bond acceptors (Lipinski definition) is 4. The number of ether oxygens (including phenoxy) is 1. The first-order chi connectivity index (χ1) is 7.50. The van der Waals surface area contributed by atoms with Gasteiger partial charge in [0.2, 0.25) is 0 Å². The van der Waals surface area contributed by atoms with Crippen LogP contribution in [0.25, 0.3) is 0 Å². The fraction of sp³-hybridized carbons (Fsp3) is 0.917. The molecular weight excluding hydrogens is 204 g/mol. The van der Waals surface area contributed by atoms with Crippen LogP contribution in [0.4, 0.5) is 0 Å². The first kappa shape index (κ1) is 13.5. The van der Waals surface area contributed by atoms with E-state index in [9.17, 15) is 4.79 Å². The second-order valence-corrected chi connectivity index (χ2v) is 4.93. The second kappa shape index (κ2) is 5.64. The van der Waals surface area contributed by atoms with Crippen molar-refractivity contribution < 1.29 is 9.53 Å². The number of carbonyl (C=O) groups excluding carboxylic acids is 1. The van der Waals surface area contributed by atoms with E-state index in [0.29, 0.717) is 6.61 Å². The molecule has 0 aromatic heterocycles. The first-order valence-electron chi connectivity index (χ1n) is 6.17. The predicted octanol–water partition coefficient (Wildman–Crippen LogP) is 1.14. The highest BCUT2D eigenvalue weighted by atomic mass is 16.5. The van der Waals surface area contributed by atoms with Gasteiger partial charge < -0.3 is 10.5 Å². The quantitative estimate of drug-likeness (QED) is 0.733. The van der Waals surface area contributed by atoms with Crippen LogP contribution in [0.5, 0.6) is 0 Å². The van der Waals surface area contributed by atoms with Crippen LogP contribution in [-0.4, -0.2) is 42.1 Å². The molecule has 0 aliphatic carbocycles. The number of esters is 1. The highest BCUT2D eigenvalue weighted by Gasteiger charge is 2.38. The van der Waals surface area contributed by atoms with E-state index in [1.165, 1.54) is 19.3 Å². The third-order valence-electron chi connectivity index (χ3n) is 3.47. The predicted molar refractivity (Wildman–Crippen MR) is 64.1 cm³/mol. The number of hydrogen-bond donors (Lipinski definition) is 1. The first-order valence-corrected chi connectivity index (χ1v) is 6.17. The molecule has 0 spiro atoms. The van der Waals surface area contributed by atoms with Gasteiger partial charge in [-0.2, -0.15) is 0 Å². The molecule has 1 fully saturated rings. The molecule has 1 unspecified atom stereocenters. The lowest BCUT2D eigenvalue weighted by atomic mass is 9.91. The standard InChI is InChI=1S/C12H24N2O2/c1-4-16-11(15)10(13)12(2,3)14-8-6-5-7-9-14/h10H,4-9,13H2,1-3H3. The van der Waals surface area contributed by atoms with Crippen LogP contribution in [0.1, 0.15) is 40.0 Å². The third-order valence-corrected chi connectivity index (χ3v) is 3.47. The molecule has 1 atom stereocenters. The van der Waals surface area contributed by atoms with Crippen molar-refractivity contribution in [2.24, 2.45) is 5.73 Å². The Hall–Kier alpha value is -0.610. The molecule has 0 amide bonds. The van der Waals surface area contributed by atoms with Crippen LogP contribution in [0, 0.1) is 0 Å². The normalized spacial score (nSPS) is 20.5. The van der Waals surface area contributed by atoms with Gasteiger partial charge in [0.25, 0.3) is 0 Å². The molecule has 2 N–H and O–H groups in total. The topological polar surface area (TPSA) is 55.6 Å². The molecule has 16 heavy (non-hydrogen) atoms. The van der Waals surface area contributed by atoms with Crippen LogP contribution in [0.3, 0.4) is 0 Å². The smallest absolute Gasteiger partial charge is 0.324 e. The van der Waals surface area contributed by atoms with Crippen LogP contribution in [-0.2, 0) is 9.53 Å². The van der Waals surface area contributed by atoms with Gasteiger partial charge in [0.05, 0.1) is 6.61 Å². The van der Waals surface area contributed by atoms with E-state index < -0.39 is 6.04 Å². The summed E-state index contributed by atoms with van der Waals surface area (Å²) in [6.45, 7) is 8.31. The van der Waals surface area contributed by atoms with Crippen LogP contribution in [0.2, 0.25) is 0 Å². The summed E-state index contributed by atoms with van der Waals surface area (Å²) in [6.07, 6.45) is 3.67. The third kappa shape index (κ3) is 2.95. The molecule has 4 heteroatoms. The molecule has 1 rings (SSSR count). The van der Waals surface area contributed by atoms with Crippen molar-refractivity contribution in [3.05, 3.63) is 0 Å². The summed E-state index contributed by atoms with van der Waals surface area (Å²) in [5.74, 6) is -0.293. The van der Waals surface area contributed by atoms with Crippen molar-refractivity contribution in [3.8, 4) is 0 Å². The zero-order chi connectivity index (χ0) is 12.2. The van der Waals surface area contributed by atoms with E-state index in [-0.39, 0.29) is 11.5 Å². The van der Waals surface area contributed by atoms with Crippen LogP contribution < -0.4 is 5.73 Å². The molecule has 1 heterocycles. The maximum atomic E-state index is 11.7. The van der Waals surface area contributed by atoms with E-state index in [1.807, 2.05) is 13.8 Å². The minimum absolute atomic E-state index is 0.293. The van der Waals surface area contributed by atoms with Crippen molar-refractivity contribution in [2.45, 2.75) is 51.6 Å². The van der Waals surface area contributed by atoms with E-state index in [4.69, 9.17) is 10.5 Å². The van der Waals surface area contributed by atoms with Crippen molar-refractivity contribution in [1.29, 1.82) is 0 Å². The van der Waals surface area contributed by atoms with Gasteiger partial charge in [-0.25, -0.2) is 0 Å². The number of likely N-dealkylation sites (tertiary alicyclic amines) is 1. The molecule has 0 saturated carbocycles. The van der Waals surface area contributed by atoms with Gasteiger partial charge >= 0.3 is 5.97 Å². The van der Waals surface area contributed by atoms with E-state index >= 15 is 0 Å². The molecule has 94 valence electrons. The summed E-state index contributed by atoms with van der Waals surface area (Å²) in [5.41, 5.74) is 5.68. The fourth-order valence-corrected chi connectivity index (χ4v) is 2.19. The van der Waals surface area contributed by atoms with Crippen molar-refractivity contribution in [2.75, 3.05) is 19.7 Å². The van der Waals surface area contributed by atoms with Gasteiger partial charge in [0.15, 0.2) is 0 Å². The zero-order valence-electron chi connectivity index (χ0n) is 10.7. The Balaban J connectivity index is 2.63. The molecule has 1 aliphatic heterocycles. The lowest BCUT2D eigenvalue weighted by molar-refractivity contribution is -0.148. The Bertz CT molecular complexity index is 235. The van der Waals surface area contributed by atoms with Gasteiger partial charge in [0.1, 0.15) is 6.04 Å². The summed E-state index contributed by atoms with van der Waals surface area (Å²) in [6, 6.07) is -0.564. The summed E-state index contributed by atoms with van der Waals surface area (Å²) < 4.78 is 4.99. The Morgan fingerprint density at radius 1 is 1.38 bits per heavy atom. The highest BCUT2D eigenvalue weighted by Crippen LogP contribution is 2.23. The maximum Gasteiger partial charge on any atom is 0.324 e. The molecule has 4 nitrogen and oxygen atoms in total. The molecule has 0 aromatic carbocycles. The van der Waals surface area contributed by atoms with Crippen molar-refractivity contribution >= 4 is 5.97 Å². The summed E-state index contributed by atoms with van der Waals surface area (Å²) in [5, 5.41) is 0. The Morgan fingerprint density at radius 3 is 2.44 bits per heavy atom. The van der Waals surface area contributed by atoms with Crippen molar-refractivity contribution in [1.82, 2.24) is 4.90 Å². The minimum Gasteiger partial charge on any atom is -0.465 e. The number of carbonyl (C=O) groups is 1. The van der Waals surface area contributed by atoms with E-state index in [0.717, 1.165) is 13.1 Å². The largest absolute Gasteiger partial charge is 0.465 e. The summed E-state index contributed by atoms with van der Waals surface area (Å²) >= 11 is 0. The highest BCUT2D eigenvalue weighted by molar-refractivity contribution is 5.77. The maximum absolute atomic E-state index is 11.7. The number of piperidine rings is 1. The molecular formula is C12H24N2O2. The number of nitrogens with two attached hydrogens (primary N) is 1. The molecule has 1 saturated heterocycles. The van der Waals surface area contributed by atoms with Gasteiger partial charge in [-0.1, -0.05) is 6.42 Å². The van der Waals surface area contributed by atoms with Crippen LogP contribution in [0.15, 0.2) is 0 Å². The van der Waals surface area contributed by atoms with Crippen LogP contribution >= 0.6 is 0 Å². The SMILES string of the molecule is CCOC(=O)C(N)C(C)(C)N1CCCCC1. The van der Waals surface area contributed by atoms with E-state index in [1.54, 1.807) is 6.92 Å². The van der Waals surface area contributed by atoms with Gasteiger partial charge in [-0.3, -0.25) is 9.69 Å². The summed E-state index contributed by atoms with van der Waals surface area (Å²) in [4.78, 5) is 14.0. The zero-order valence-corrected chi connectivity index (χ0v) is 10.7. The van der Waals surface area contributed by atoms with Gasteiger partial charge in [0, 0.05) is 5.54 Å². The number of rotatable bonds is 4. The lowest BCUT2D eigenvalue weighted by Crippen LogP contribution is -2.60. The average Bonchev–Trinajstić information content (AvgIpc) is 2.29. The monoisotopic (exact) mass is 228 g/mol. The number of nitrogens with zero attached hydrogens (tertiary/aromatic N) is 1. The fourth-order valence-electron chi connectivity index (χ4n) is 2.19. The molecule has 1 aliphatic rings. The Morgan fingerprint density at radius 2 is 1.94 bits per heavy atom. The lowest BCUT2D eigenvalue weighted by Gasteiger charge is -2.43. The molecule has 0 aromatic rings. The van der Waals surface area contributed by atoms with E-state index in [2.05, 4.69) is 4.90 Å². The Labute approximate surface area is 98.1 Å². The average molecular weight is 228 g/mol. The second-order valence-electron chi connectivity index (χ2n) is 4.93. The van der Waals surface area contributed by atoms with Gasteiger partial charge in [-0.05, 0) is 46.7 Å². The molecule has 0 bridgehead atoms. The molecule has 0 radical (unpaired) electrons.